The summed E-state index contributed by atoms with van der Waals surface area (Å²) in [6.45, 7) is 0. The number of carbonyl (C=O) groups is 1. The number of hydrogen-bond acceptors (Lipinski definition) is 3. The lowest BCUT2D eigenvalue weighted by Crippen LogP contribution is -2.19. The summed E-state index contributed by atoms with van der Waals surface area (Å²) in [6, 6.07) is 8.96. The highest BCUT2D eigenvalue weighted by molar-refractivity contribution is 6.39. The lowest BCUT2D eigenvalue weighted by Gasteiger charge is -2.20. The smallest absolute Gasteiger partial charge is 0.224 e. The molecular weight excluding hydrogens is 309 g/mol. The fourth-order valence-corrected chi connectivity index (χ4v) is 2.80. The van der Waals surface area contributed by atoms with E-state index in [1.54, 1.807) is 24.3 Å². The molecule has 0 aliphatic carbocycles. The van der Waals surface area contributed by atoms with Gasteiger partial charge in [-0.25, -0.2) is 0 Å². The highest BCUT2D eigenvalue weighted by Crippen LogP contribution is 2.37. The van der Waals surface area contributed by atoms with Gasteiger partial charge in [0.05, 0.1) is 27.1 Å². The van der Waals surface area contributed by atoms with E-state index in [1.807, 2.05) is 6.07 Å². The molecule has 0 saturated heterocycles. The summed E-state index contributed by atoms with van der Waals surface area (Å²) >= 11 is 12.3. The van der Waals surface area contributed by atoms with Gasteiger partial charge in [0.15, 0.2) is 0 Å². The molecule has 3 rings (SSSR count). The number of nitrogens with one attached hydrogen (secondary N) is 2. The predicted octanol–water partition coefficient (Wildman–Crippen LogP) is 4.20. The molecule has 0 unspecified atom stereocenters. The van der Waals surface area contributed by atoms with Crippen molar-refractivity contribution in [2.45, 2.75) is 12.8 Å². The maximum atomic E-state index is 11.4. The van der Waals surface area contributed by atoms with E-state index >= 15 is 0 Å². The molecule has 0 aromatic heterocycles. The number of anilines is 4. The number of amides is 1. The Balaban J connectivity index is 1.98. The van der Waals surface area contributed by atoms with E-state index in [4.69, 9.17) is 28.9 Å². The van der Waals surface area contributed by atoms with Crippen LogP contribution in [0.3, 0.4) is 0 Å². The second-order valence-electron chi connectivity index (χ2n) is 4.87. The Hall–Kier alpha value is -1.91. The van der Waals surface area contributed by atoms with Crippen LogP contribution in [0.1, 0.15) is 12.0 Å². The van der Waals surface area contributed by atoms with Crippen LogP contribution in [0.5, 0.6) is 0 Å². The number of halogens is 2. The van der Waals surface area contributed by atoms with Gasteiger partial charge in [-0.3, -0.25) is 4.79 Å². The zero-order chi connectivity index (χ0) is 15.0. The Morgan fingerprint density at radius 2 is 1.86 bits per heavy atom. The summed E-state index contributed by atoms with van der Waals surface area (Å²) in [5.41, 5.74) is 9.70. The van der Waals surface area contributed by atoms with Crippen molar-refractivity contribution in [3.05, 3.63) is 45.9 Å². The molecule has 1 heterocycles. The number of nitrogens with two attached hydrogens (primary N) is 1. The van der Waals surface area contributed by atoms with Crippen molar-refractivity contribution in [3.8, 4) is 0 Å². The standard InChI is InChI=1S/C15H13Cl2N3O/c16-9-2-1-3-10(17)15(9)20-13-6-8-4-5-14(21)19-12(8)7-11(13)18/h1-3,6-7,20H,4-5,18H2,(H,19,21). The normalized spacial score (nSPS) is 13.5. The van der Waals surface area contributed by atoms with Crippen LogP contribution in [0.4, 0.5) is 22.7 Å². The number of nitrogen functional groups attached to an aromatic ring is 1. The van der Waals surface area contributed by atoms with E-state index in [9.17, 15) is 4.79 Å². The van der Waals surface area contributed by atoms with Crippen LogP contribution in [-0.2, 0) is 11.2 Å². The summed E-state index contributed by atoms with van der Waals surface area (Å²) in [5.74, 6) is 0.0109. The molecule has 4 N–H and O–H groups in total. The zero-order valence-electron chi connectivity index (χ0n) is 11.0. The Kier molecular flexibility index (Phi) is 3.66. The maximum absolute atomic E-state index is 11.4. The van der Waals surface area contributed by atoms with Crippen LogP contribution in [0.15, 0.2) is 30.3 Å². The van der Waals surface area contributed by atoms with E-state index in [1.165, 1.54) is 0 Å². The van der Waals surface area contributed by atoms with Crippen molar-refractivity contribution in [1.29, 1.82) is 0 Å². The largest absolute Gasteiger partial charge is 0.397 e. The van der Waals surface area contributed by atoms with Crippen LogP contribution < -0.4 is 16.4 Å². The first kappa shape index (κ1) is 14.0. The van der Waals surface area contributed by atoms with Gasteiger partial charge in [0.2, 0.25) is 5.91 Å². The van der Waals surface area contributed by atoms with Crippen molar-refractivity contribution >= 4 is 51.9 Å². The minimum atomic E-state index is 0.0109. The van der Waals surface area contributed by atoms with Crippen molar-refractivity contribution in [3.63, 3.8) is 0 Å². The van der Waals surface area contributed by atoms with Gasteiger partial charge in [0.25, 0.3) is 0 Å². The summed E-state index contributed by atoms with van der Waals surface area (Å²) in [7, 11) is 0. The Morgan fingerprint density at radius 1 is 1.14 bits per heavy atom. The van der Waals surface area contributed by atoms with Gasteiger partial charge < -0.3 is 16.4 Å². The number of hydrogen-bond donors (Lipinski definition) is 3. The van der Waals surface area contributed by atoms with Crippen molar-refractivity contribution in [2.24, 2.45) is 0 Å². The number of benzene rings is 2. The molecule has 2 aromatic rings. The third kappa shape index (κ3) is 2.77. The summed E-state index contributed by atoms with van der Waals surface area (Å²) in [6.07, 6.45) is 1.16. The van der Waals surface area contributed by atoms with Gasteiger partial charge in [-0.15, -0.1) is 0 Å². The van der Waals surface area contributed by atoms with Gasteiger partial charge in [0.1, 0.15) is 0 Å². The molecule has 0 saturated carbocycles. The number of para-hydroxylation sites is 1. The molecule has 4 nitrogen and oxygen atoms in total. The molecule has 1 aliphatic rings. The van der Waals surface area contributed by atoms with E-state index in [0.717, 1.165) is 16.9 Å². The SMILES string of the molecule is Nc1cc2c(cc1Nc1c(Cl)cccc1Cl)CCC(=O)N2. The molecule has 6 heteroatoms. The first-order valence-electron chi connectivity index (χ1n) is 6.48. The van der Waals surface area contributed by atoms with Crippen LogP contribution in [0, 0.1) is 0 Å². The van der Waals surface area contributed by atoms with Crippen molar-refractivity contribution < 1.29 is 4.79 Å². The molecule has 1 aliphatic heterocycles. The second-order valence-corrected chi connectivity index (χ2v) is 5.68. The first-order chi connectivity index (χ1) is 10.0. The second kappa shape index (κ2) is 5.47. The lowest BCUT2D eigenvalue weighted by molar-refractivity contribution is -0.116. The molecule has 2 aromatic carbocycles. The number of fused-ring (bicyclic) bond motifs is 1. The van der Waals surface area contributed by atoms with Crippen LogP contribution >= 0.6 is 23.2 Å². The van der Waals surface area contributed by atoms with Gasteiger partial charge in [0, 0.05) is 12.1 Å². The molecular formula is C15H13Cl2N3O. The summed E-state index contributed by atoms with van der Waals surface area (Å²) in [5, 5.41) is 7.03. The average Bonchev–Trinajstić information content (AvgIpc) is 2.43. The molecule has 0 radical (unpaired) electrons. The van der Waals surface area contributed by atoms with Crippen LogP contribution in [-0.4, -0.2) is 5.91 Å². The minimum Gasteiger partial charge on any atom is -0.397 e. The highest BCUT2D eigenvalue weighted by Gasteiger charge is 2.17. The minimum absolute atomic E-state index is 0.0109. The topological polar surface area (TPSA) is 67.1 Å². The summed E-state index contributed by atoms with van der Waals surface area (Å²) in [4.78, 5) is 11.4. The van der Waals surface area contributed by atoms with Crippen LogP contribution in [0.25, 0.3) is 0 Å². The quantitative estimate of drug-likeness (QED) is 0.726. The van der Waals surface area contributed by atoms with E-state index < -0.39 is 0 Å². The van der Waals surface area contributed by atoms with Gasteiger partial charge in [-0.1, -0.05) is 29.3 Å². The Morgan fingerprint density at radius 3 is 2.57 bits per heavy atom. The number of carbonyl (C=O) groups excluding carboxylic acids is 1. The van der Waals surface area contributed by atoms with Crippen LogP contribution in [0.2, 0.25) is 10.0 Å². The fraction of sp³-hybridized carbons (Fsp3) is 0.133. The Bertz CT molecular complexity index is 711. The fourth-order valence-electron chi connectivity index (χ4n) is 2.31. The molecule has 21 heavy (non-hydrogen) atoms. The zero-order valence-corrected chi connectivity index (χ0v) is 12.6. The Labute approximate surface area is 132 Å². The van der Waals surface area contributed by atoms with Gasteiger partial charge in [-0.2, -0.15) is 0 Å². The van der Waals surface area contributed by atoms with E-state index in [-0.39, 0.29) is 5.91 Å². The summed E-state index contributed by atoms with van der Waals surface area (Å²) < 4.78 is 0. The molecule has 0 bridgehead atoms. The van der Waals surface area contributed by atoms with E-state index in [0.29, 0.717) is 34.3 Å². The molecule has 1 amide bonds. The number of aryl methyl sites for hydroxylation is 1. The van der Waals surface area contributed by atoms with Gasteiger partial charge >= 0.3 is 0 Å². The average molecular weight is 322 g/mol. The molecule has 0 atom stereocenters. The third-order valence-electron chi connectivity index (χ3n) is 3.39. The highest BCUT2D eigenvalue weighted by atomic mass is 35.5. The van der Waals surface area contributed by atoms with Crippen molar-refractivity contribution in [1.82, 2.24) is 0 Å². The molecule has 0 fully saturated rings. The van der Waals surface area contributed by atoms with E-state index in [2.05, 4.69) is 10.6 Å². The third-order valence-corrected chi connectivity index (χ3v) is 4.02. The molecule has 0 spiro atoms. The number of rotatable bonds is 2. The lowest BCUT2D eigenvalue weighted by atomic mass is 10.0. The van der Waals surface area contributed by atoms with Gasteiger partial charge in [-0.05, 0) is 36.2 Å². The first-order valence-corrected chi connectivity index (χ1v) is 7.23. The monoisotopic (exact) mass is 321 g/mol. The maximum Gasteiger partial charge on any atom is 0.224 e. The molecule has 108 valence electrons. The predicted molar refractivity (Wildman–Crippen MR) is 87.5 cm³/mol. The van der Waals surface area contributed by atoms with Crippen molar-refractivity contribution in [2.75, 3.05) is 16.4 Å².